The van der Waals surface area contributed by atoms with Crippen molar-refractivity contribution in [3.63, 3.8) is 0 Å². The van der Waals surface area contributed by atoms with Gasteiger partial charge in [0.15, 0.2) is 5.13 Å². The Balaban J connectivity index is 1.49. The summed E-state index contributed by atoms with van der Waals surface area (Å²) < 4.78 is 27.0. The number of thiazole rings is 1. The fourth-order valence-electron chi connectivity index (χ4n) is 2.43. The molecule has 0 fully saturated rings. The molecule has 4 aromatic rings. The van der Waals surface area contributed by atoms with Crippen molar-refractivity contribution in [3.05, 3.63) is 72.0 Å². The standard InChI is InChI=1S/C18H13N5O3S2/c24-17(16-11-20-14-3-1-2-4-15(14)22-16)21-12-5-7-13(8-6-12)28(25,26)23-18-19-9-10-27-18/h1-11H,(H,19,23)(H,21,24). The minimum absolute atomic E-state index is 0.0613. The molecule has 28 heavy (non-hydrogen) atoms. The molecule has 8 nitrogen and oxygen atoms in total. The van der Waals surface area contributed by atoms with E-state index >= 15 is 0 Å². The molecule has 0 radical (unpaired) electrons. The van der Waals surface area contributed by atoms with Crippen LogP contribution in [0.2, 0.25) is 0 Å². The lowest BCUT2D eigenvalue weighted by atomic mass is 10.3. The van der Waals surface area contributed by atoms with Crippen LogP contribution in [-0.2, 0) is 10.0 Å². The molecular weight excluding hydrogens is 398 g/mol. The summed E-state index contributed by atoms with van der Waals surface area (Å²) >= 11 is 1.18. The van der Waals surface area contributed by atoms with Crippen molar-refractivity contribution in [2.45, 2.75) is 4.90 Å². The van der Waals surface area contributed by atoms with Crippen LogP contribution in [0.25, 0.3) is 11.0 Å². The third-order valence-electron chi connectivity index (χ3n) is 3.76. The van der Waals surface area contributed by atoms with Crippen LogP contribution in [-0.4, -0.2) is 29.3 Å². The maximum Gasteiger partial charge on any atom is 0.275 e. The first-order valence-corrected chi connectivity index (χ1v) is 10.4. The highest BCUT2D eigenvalue weighted by atomic mass is 32.2. The number of amides is 1. The molecule has 0 aliphatic heterocycles. The Labute approximate surface area is 164 Å². The molecule has 2 N–H and O–H groups in total. The zero-order valence-corrected chi connectivity index (χ0v) is 15.9. The van der Waals surface area contributed by atoms with E-state index in [2.05, 4.69) is 25.0 Å². The molecule has 10 heteroatoms. The first kappa shape index (κ1) is 18.0. The number of aromatic nitrogens is 3. The topological polar surface area (TPSA) is 114 Å². The first-order valence-electron chi connectivity index (χ1n) is 8.07. The average Bonchev–Trinajstić information content (AvgIpc) is 3.20. The molecule has 2 aromatic carbocycles. The van der Waals surface area contributed by atoms with Crippen LogP contribution in [0, 0.1) is 0 Å². The largest absolute Gasteiger partial charge is 0.321 e. The molecule has 0 saturated carbocycles. The third-order valence-corrected chi connectivity index (χ3v) is 5.93. The van der Waals surface area contributed by atoms with E-state index in [0.29, 0.717) is 16.7 Å². The zero-order valence-electron chi connectivity index (χ0n) is 14.2. The van der Waals surface area contributed by atoms with Crippen LogP contribution < -0.4 is 10.0 Å². The Morgan fingerprint density at radius 2 is 1.71 bits per heavy atom. The van der Waals surface area contributed by atoms with Crippen LogP contribution in [0.4, 0.5) is 10.8 Å². The fraction of sp³-hybridized carbons (Fsp3) is 0. The number of carbonyl (C=O) groups is 1. The summed E-state index contributed by atoms with van der Waals surface area (Å²) in [4.78, 5) is 24.9. The molecule has 0 atom stereocenters. The predicted octanol–water partition coefficient (Wildman–Crippen LogP) is 3.14. The Morgan fingerprint density at radius 1 is 0.964 bits per heavy atom. The van der Waals surface area contributed by atoms with Gasteiger partial charge in [0, 0.05) is 17.3 Å². The number of hydrogen-bond acceptors (Lipinski definition) is 7. The molecule has 2 heterocycles. The number of hydrogen-bond donors (Lipinski definition) is 2. The monoisotopic (exact) mass is 411 g/mol. The van der Waals surface area contributed by atoms with Crippen molar-refractivity contribution in [2.24, 2.45) is 0 Å². The second kappa shape index (κ2) is 7.33. The zero-order chi connectivity index (χ0) is 19.6. The highest BCUT2D eigenvalue weighted by Crippen LogP contribution is 2.20. The van der Waals surface area contributed by atoms with E-state index in [4.69, 9.17) is 0 Å². The number of nitrogens with one attached hydrogen (secondary N) is 2. The van der Waals surface area contributed by atoms with Gasteiger partial charge in [0.25, 0.3) is 15.9 Å². The Bertz CT molecular complexity index is 1240. The number of carbonyl (C=O) groups excluding carboxylic acids is 1. The molecule has 0 unspecified atom stereocenters. The van der Waals surface area contributed by atoms with Crippen LogP contribution >= 0.6 is 11.3 Å². The summed E-state index contributed by atoms with van der Waals surface area (Å²) in [5, 5.41) is 4.64. The van der Waals surface area contributed by atoms with Gasteiger partial charge in [0.1, 0.15) is 5.69 Å². The summed E-state index contributed by atoms with van der Waals surface area (Å²) in [7, 11) is -3.74. The molecule has 0 spiro atoms. The SMILES string of the molecule is O=C(Nc1ccc(S(=O)(=O)Nc2nccs2)cc1)c1cnc2ccccc2n1. The molecule has 1 amide bonds. The number of nitrogens with zero attached hydrogens (tertiary/aromatic N) is 3. The van der Waals surface area contributed by atoms with Gasteiger partial charge in [0.05, 0.1) is 22.1 Å². The highest BCUT2D eigenvalue weighted by Gasteiger charge is 2.16. The van der Waals surface area contributed by atoms with Gasteiger partial charge in [-0.15, -0.1) is 11.3 Å². The van der Waals surface area contributed by atoms with Crippen molar-refractivity contribution >= 4 is 49.1 Å². The molecule has 0 aliphatic rings. The molecule has 4 rings (SSSR count). The Hall–Kier alpha value is -3.37. The lowest BCUT2D eigenvalue weighted by Gasteiger charge is -2.08. The van der Waals surface area contributed by atoms with Gasteiger partial charge in [-0.25, -0.2) is 18.4 Å². The Kier molecular flexibility index (Phi) is 4.72. The van der Waals surface area contributed by atoms with Crippen LogP contribution in [0.3, 0.4) is 0 Å². The van der Waals surface area contributed by atoms with Crippen LogP contribution in [0.15, 0.2) is 71.2 Å². The lowest BCUT2D eigenvalue weighted by Crippen LogP contribution is -2.15. The maximum atomic E-state index is 12.4. The van der Waals surface area contributed by atoms with E-state index in [1.165, 1.54) is 48.0 Å². The van der Waals surface area contributed by atoms with Crippen molar-refractivity contribution in [1.29, 1.82) is 0 Å². The van der Waals surface area contributed by atoms with Gasteiger partial charge in [-0.2, -0.15) is 0 Å². The molecule has 0 bridgehead atoms. The lowest BCUT2D eigenvalue weighted by molar-refractivity contribution is 0.102. The number of fused-ring (bicyclic) bond motifs is 1. The second-order valence-electron chi connectivity index (χ2n) is 5.67. The Morgan fingerprint density at radius 3 is 2.43 bits per heavy atom. The van der Waals surface area contributed by atoms with E-state index < -0.39 is 15.9 Å². The van der Waals surface area contributed by atoms with E-state index in [1.807, 2.05) is 18.2 Å². The summed E-state index contributed by atoms with van der Waals surface area (Å²) in [6.45, 7) is 0. The van der Waals surface area contributed by atoms with Gasteiger partial charge < -0.3 is 5.32 Å². The van der Waals surface area contributed by atoms with Crippen molar-refractivity contribution in [1.82, 2.24) is 15.0 Å². The number of para-hydroxylation sites is 2. The first-order chi connectivity index (χ1) is 13.5. The summed E-state index contributed by atoms with van der Waals surface area (Å²) in [6, 6.07) is 13.0. The van der Waals surface area contributed by atoms with Gasteiger partial charge in [-0.1, -0.05) is 12.1 Å². The fourth-order valence-corrected chi connectivity index (χ4v) is 4.22. The number of anilines is 2. The van der Waals surface area contributed by atoms with E-state index in [9.17, 15) is 13.2 Å². The van der Waals surface area contributed by atoms with E-state index in [0.717, 1.165) is 0 Å². The molecule has 140 valence electrons. The normalized spacial score (nSPS) is 11.3. The summed E-state index contributed by atoms with van der Waals surface area (Å²) in [5.41, 5.74) is 1.92. The average molecular weight is 411 g/mol. The minimum Gasteiger partial charge on any atom is -0.321 e. The number of rotatable bonds is 5. The highest BCUT2D eigenvalue weighted by molar-refractivity contribution is 7.93. The molecule has 0 aliphatic carbocycles. The van der Waals surface area contributed by atoms with Gasteiger partial charge >= 0.3 is 0 Å². The van der Waals surface area contributed by atoms with Gasteiger partial charge in [-0.05, 0) is 36.4 Å². The number of benzene rings is 2. The number of sulfonamides is 1. The third kappa shape index (κ3) is 3.82. The van der Waals surface area contributed by atoms with E-state index in [1.54, 1.807) is 11.4 Å². The smallest absolute Gasteiger partial charge is 0.275 e. The molecule has 2 aromatic heterocycles. The maximum absolute atomic E-state index is 12.4. The summed E-state index contributed by atoms with van der Waals surface area (Å²) in [5.74, 6) is -0.435. The molecule has 0 saturated heterocycles. The van der Waals surface area contributed by atoms with E-state index in [-0.39, 0.29) is 15.7 Å². The minimum atomic E-state index is -3.74. The quantitative estimate of drug-likeness (QED) is 0.521. The van der Waals surface area contributed by atoms with Gasteiger partial charge in [-0.3, -0.25) is 14.5 Å². The summed E-state index contributed by atoms with van der Waals surface area (Å²) in [6.07, 6.45) is 2.91. The van der Waals surface area contributed by atoms with Crippen LogP contribution in [0.1, 0.15) is 10.5 Å². The van der Waals surface area contributed by atoms with Crippen molar-refractivity contribution < 1.29 is 13.2 Å². The van der Waals surface area contributed by atoms with Crippen molar-refractivity contribution in [2.75, 3.05) is 10.0 Å². The predicted molar refractivity (Wildman–Crippen MR) is 107 cm³/mol. The second-order valence-corrected chi connectivity index (χ2v) is 8.24. The van der Waals surface area contributed by atoms with Crippen molar-refractivity contribution in [3.8, 4) is 0 Å². The van der Waals surface area contributed by atoms with Gasteiger partial charge in [0.2, 0.25) is 0 Å². The molecular formula is C18H13N5O3S2. The van der Waals surface area contributed by atoms with Crippen LogP contribution in [0.5, 0.6) is 0 Å².